The zero-order valence-corrected chi connectivity index (χ0v) is 21.6. The smallest absolute Gasteiger partial charge is 0.163 e. The van der Waals surface area contributed by atoms with E-state index in [1.807, 2.05) is 12.5 Å². The maximum Gasteiger partial charge on any atom is 0.163 e. The number of hydrogen-bond donors (Lipinski definition) is 1. The van der Waals surface area contributed by atoms with E-state index in [9.17, 15) is 4.39 Å². The Labute approximate surface area is 220 Å². The third-order valence-corrected chi connectivity index (χ3v) is 7.30. The molecule has 3 heterocycles. The molecule has 7 nitrogen and oxygen atoms in total. The van der Waals surface area contributed by atoms with Crippen LogP contribution in [0.3, 0.4) is 0 Å². The van der Waals surface area contributed by atoms with E-state index in [2.05, 4.69) is 57.7 Å². The van der Waals surface area contributed by atoms with E-state index < -0.39 is 5.82 Å². The summed E-state index contributed by atoms with van der Waals surface area (Å²) >= 11 is 9.72. The monoisotopic (exact) mass is 568 g/mol. The van der Waals surface area contributed by atoms with Gasteiger partial charge in [0.1, 0.15) is 11.6 Å². The molecule has 0 spiro atoms. The Morgan fingerprint density at radius 2 is 2.06 bits per heavy atom. The number of fused-ring (bicyclic) bond motifs is 3. The molecule has 1 aliphatic carbocycles. The van der Waals surface area contributed by atoms with Crippen molar-refractivity contribution in [2.75, 3.05) is 11.9 Å². The fraction of sp³-hybridized carbons (Fsp3) is 0.269. The van der Waals surface area contributed by atoms with Gasteiger partial charge in [0, 0.05) is 36.1 Å². The van der Waals surface area contributed by atoms with Crippen molar-refractivity contribution in [3.8, 4) is 5.75 Å². The van der Waals surface area contributed by atoms with Gasteiger partial charge >= 0.3 is 0 Å². The largest absolute Gasteiger partial charge is 0.492 e. The molecular weight excluding hydrogens is 547 g/mol. The molecule has 0 bridgehead atoms. The Hall–Kier alpha value is -3.17. The molecule has 0 atom stereocenters. The van der Waals surface area contributed by atoms with E-state index in [1.165, 1.54) is 6.07 Å². The molecule has 0 amide bonds. The summed E-state index contributed by atoms with van der Waals surface area (Å²) in [6, 6.07) is 9.14. The van der Waals surface area contributed by atoms with Crippen LogP contribution in [0.25, 0.3) is 21.8 Å². The Bertz CT molecular complexity index is 1550. The highest BCUT2D eigenvalue weighted by atomic mass is 79.9. The lowest BCUT2D eigenvalue weighted by molar-refractivity contribution is 0.302. The Balaban J connectivity index is 1.33. The molecule has 184 valence electrons. The van der Waals surface area contributed by atoms with Crippen molar-refractivity contribution in [1.29, 1.82) is 0 Å². The van der Waals surface area contributed by atoms with Gasteiger partial charge in [0.25, 0.3) is 0 Å². The van der Waals surface area contributed by atoms with Crippen LogP contribution in [0.5, 0.6) is 5.75 Å². The topological polar surface area (TPSA) is 69.8 Å². The molecule has 10 heteroatoms. The number of halogens is 3. The molecule has 36 heavy (non-hydrogen) atoms. The van der Waals surface area contributed by atoms with Crippen LogP contribution in [0.15, 0.2) is 59.7 Å². The number of hydrogen-bond acceptors (Lipinski definition) is 5. The molecule has 3 aromatic heterocycles. The van der Waals surface area contributed by atoms with Crippen molar-refractivity contribution in [3.05, 3.63) is 70.6 Å². The molecule has 1 fully saturated rings. The summed E-state index contributed by atoms with van der Waals surface area (Å²) in [7, 11) is 0. The first-order valence-corrected chi connectivity index (χ1v) is 13.0. The number of imidazole rings is 1. The number of ether oxygens (including phenoxy) is 1. The Morgan fingerprint density at radius 1 is 1.17 bits per heavy atom. The van der Waals surface area contributed by atoms with Gasteiger partial charge in [0.05, 0.1) is 45.0 Å². The van der Waals surface area contributed by atoms with Gasteiger partial charge in [-0.15, -0.1) is 5.10 Å². The minimum absolute atomic E-state index is 0.0493. The molecular formula is C26H23BrClFN6O. The number of rotatable bonds is 9. The fourth-order valence-electron chi connectivity index (χ4n) is 4.53. The predicted octanol–water partition coefficient (Wildman–Crippen LogP) is 7.27. The molecule has 0 aliphatic heterocycles. The third-order valence-electron chi connectivity index (χ3n) is 6.39. The normalized spacial score (nSPS) is 13.5. The summed E-state index contributed by atoms with van der Waals surface area (Å²) in [6.07, 6.45) is 11.6. The first kappa shape index (κ1) is 23.2. The zero-order valence-electron chi connectivity index (χ0n) is 19.3. The molecule has 0 unspecified atom stereocenters. The van der Waals surface area contributed by atoms with Crippen LogP contribution in [0.1, 0.15) is 31.7 Å². The molecule has 0 radical (unpaired) electrons. The summed E-state index contributed by atoms with van der Waals surface area (Å²) in [4.78, 5) is 4.08. The molecule has 1 saturated carbocycles. The van der Waals surface area contributed by atoms with Gasteiger partial charge in [-0.1, -0.05) is 11.6 Å². The van der Waals surface area contributed by atoms with Gasteiger partial charge < -0.3 is 19.2 Å². The van der Waals surface area contributed by atoms with E-state index in [0.29, 0.717) is 24.2 Å². The molecule has 1 aliphatic rings. The van der Waals surface area contributed by atoms with Crippen molar-refractivity contribution in [2.24, 2.45) is 0 Å². The van der Waals surface area contributed by atoms with Crippen LogP contribution in [0.4, 0.5) is 15.9 Å². The van der Waals surface area contributed by atoms with E-state index in [4.69, 9.17) is 16.3 Å². The number of nitrogens with one attached hydrogen (secondary N) is 1. The summed E-state index contributed by atoms with van der Waals surface area (Å²) in [5.74, 6) is 0.911. The summed E-state index contributed by atoms with van der Waals surface area (Å²) in [5, 5.41) is 14.0. The highest BCUT2D eigenvalue weighted by molar-refractivity contribution is 9.10. The van der Waals surface area contributed by atoms with Crippen LogP contribution in [-0.4, -0.2) is 30.9 Å². The second-order valence-electron chi connectivity index (χ2n) is 8.96. The molecule has 0 saturated heterocycles. The lowest BCUT2D eigenvalue weighted by Crippen LogP contribution is -2.01. The minimum atomic E-state index is -0.464. The van der Waals surface area contributed by atoms with Crippen LogP contribution < -0.4 is 10.1 Å². The van der Waals surface area contributed by atoms with Crippen LogP contribution in [0, 0.1) is 5.82 Å². The van der Waals surface area contributed by atoms with Crippen LogP contribution in [0.2, 0.25) is 5.02 Å². The maximum absolute atomic E-state index is 13.7. The lowest BCUT2D eigenvalue weighted by Gasteiger charge is -2.10. The van der Waals surface area contributed by atoms with E-state index in [1.54, 1.807) is 24.5 Å². The third kappa shape index (κ3) is 4.53. The van der Waals surface area contributed by atoms with Gasteiger partial charge in [-0.3, -0.25) is 0 Å². The van der Waals surface area contributed by atoms with E-state index in [0.717, 1.165) is 64.3 Å². The SMILES string of the molecule is Fc1ccc(Nc2nncc3c2c2cc(OCCCCn4ccnc4)c(Br)cc2n3C2CC2)cc1Cl. The predicted molar refractivity (Wildman–Crippen MR) is 143 cm³/mol. The maximum atomic E-state index is 13.7. The Morgan fingerprint density at radius 3 is 2.83 bits per heavy atom. The highest BCUT2D eigenvalue weighted by Gasteiger charge is 2.29. The van der Waals surface area contributed by atoms with Gasteiger partial charge in [-0.2, -0.15) is 5.10 Å². The van der Waals surface area contributed by atoms with Crippen molar-refractivity contribution in [1.82, 2.24) is 24.3 Å². The second-order valence-corrected chi connectivity index (χ2v) is 10.2. The number of aryl methyl sites for hydroxylation is 1. The number of unbranched alkanes of at least 4 members (excludes halogenated alkanes) is 1. The molecule has 1 N–H and O–H groups in total. The van der Waals surface area contributed by atoms with Crippen molar-refractivity contribution in [3.63, 3.8) is 0 Å². The van der Waals surface area contributed by atoms with Crippen LogP contribution in [-0.2, 0) is 6.54 Å². The van der Waals surface area contributed by atoms with Crippen molar-refractivity contribution >= 4 is 60.8 Å². The highest BCUT2D eigenvalue weighted by Crippen LogP contribution is 2.46. The first-order chi connectivity index (χ1) is 17.6. The number of anilines is 2. The Kier molecular flexibility index (Phi) is 6.27. The standard InChI is InChI=1S/C26H23BrClFN6O/c27-19-13-22-18(12-24(19)36-10-2-1-8-34-9-7-30-15-34)25-23(35(22)17-4-5-17)14-31-33-26(25)32-16-3-6-21(29)20(28)11-16/h3,6-7,9,11-15,17H,1-2,4-5,8,10H2,(H,32,33). The average Bonchev–Trinajstić information content (AvgIpc) is 3.46. The summed E-state index contributed by atoms with van der Waals surface area (Å²) < 4.78 is 25.2. The van der Waals surface area contributed by atoms with E-state index >= 15 is 0 Å². The lowest BCUT2D eigenvalue weighted by atomic mass is 10.1. The second kappa shape index (κ2) is 9.71. The van der Waals surface area contributed by atoms with E-state index in [-0.39, 0.29) is 5.02 Å². The van der Waals surface area contributed by atoms with Crippen molar-refractivity contribution in [2.45, 2.75) is 38.3 Å². The molecule has 5 aromatic rings. The van der Waals surface area contributed by atoms with Crippen LogP contribution >= 0.6 is 27.5 Å². The van der Waals surface area contributed by atoms with Gasteiger partial charge in [0.15, 0.2) is 5.82 Å². The van der Waals surface area contributed by atoms with Gasteiger partial charge in [-0.05, 0) is 71.9 Å². The summed E-state index contributed by atoms with van der Waals surface area (Å²) in [6.45, 7) is 1.53. The average molecular weight is 570 g/mol. The fourth-order valence-corrected chi connectivity index (χ4v) is 5.16. The molecule has 6 rings (SSSR count). The minimum Gasteiger partial charge on any atom is -0.492 e. The first-order valence-electron chi connectivity index (χ1n) is 11.9. The number of benzene rings is 2. The zero-order chi connectivity index (χ0) is 24.6. The quantitative estimate of drug-likeness (QED) is 0.189. The summed E-state index contributed by atoms with van der Waals surface area (Å²) in [5.41, 5.74) is 2.74. The number of nitrogens with zero attached hydrogens (tertiary/aromatic N) is 5. The van der Waals surface area contributed by atoms with Crippen molar-refractivity contribution < 1.29 is 9.13 Å². The molecule has 2 aromatic carbocycles. The van der Waals surface area contributed by atoms with Gasteiger partial charge in [0.2, 0.25) is 0 Å². The van der Waals surface area contributed by atoms with Gasteiger partial charge in [-0.25, -0.2) is 9.37 Å². The number of aromatic nitrogens is 5.